The highest BCUT2D eigenvalue weighted by Gasteiger charge is 2.10. The van der Waals surface area contributed by atoms with E-state index in [4.69, 9.17) is 0 Å². The van der Waals surface area contributed by atoms with Gasteiger partial charge in [-0.1, -0.05) is 134 Å². The fourth-order valence-electron chi connectivity index (χ4n) is 6.27. The summed E-state index contributed by atoms with van der Waals surface area (Å²) in [5.74, 6) is 0.665. The smallest absolute Gasteiger partial charge is 0.115 e. The minimum atomic E-state index is 0.665. The molecule has 210 valence electrons. The maximum Gasteiger partial charge on any atom is 0.115 e. The number of rotatable bonds is 0. The van der Waals surface area contributed by atoms with Crippen molar-refractivity contribution in [2.24, 2.45) is 5.92 Å². The number of allylic oxidation sites excluding steroid dienone is 3. The molecule has 1 atom stereocenters. The van der Waals surface area contributed by atoms with Gasteiger partial charge in [-0.25, -0.2) is 0 Å². The summed E-state index contributed by atoms with van der Waals surface area (Å²) in [4.78, 5) is 2.56. The van der Waals surface area contributed by atoms with Crippen molar-refractivity contribution in [2.45, 2.75) is 148 Å². The third kappa shape index (κ3) is 14.9. The van der Waals surface area contributed by atoms with Crippen LogP contribution in [-0.4, -0.2) is 35.3 Å². The molecule has 0 aromatic heterocycles. The number of fused-ring (bicyclic) bond motifs is 3. The fraction of sp³-hybridized carbons (Fsp3) is 0.771. The van der Waals surface area contributed by atoms with Gasteiger partial charge in [-0.15, -0.1) is 6.08 Å². The Bertz CT molecular complexity index is 685. The molecule has 0 saturated carbocycles. The molecule has 0 fully saturated rings. The topological polar surface area (TPSA) is 6.25 Å². The van der Waals surface area contributed by atoms with Gasteiger partial charge in [-0.3, -0.25) is 0 Å². The molecule has 0 N–H and O–H groups in total. The van der Waals surface area contributed by atoms with Crippen LogP contribution in [-0.2, 0) is 0 Å². The minimum absolute atomic E-state index is 0.665. The van der Waals surface area contributed by atoms with Crippen LogP contribution < -0.4 is 0 Å². The lowest BCUT2D eigenvalue weighted by Crippen LogP contribution is -2.21. The van der Waals surface area contributed by atoms with Crippen molar-refractivity contribution in [3.05, 3.63) is 42.6 Å². The van der Waals surface area contributed by atoms with Crippen LogP contribution in [0.15, 0.2) is 36.1 Å². The van der Waals surface area contributed by atoms with Crippen molar-refractivity contribution in [2.75, 3.05) is 19.6 Å². The van der Waals surface area contributed by atoms with Gasteiger partial charge in [0.2, 0.25) is 0 Å². The largest absolute Gasteiger partial charge is 0.373 e. The molecule has 0 radical (unpaired) electrons. The maximum atomic E-state index is 2.56. The molecule has 3 rings (SSSR count). The molecular formula is C35H60N2. The second-order valence-corrected chi connectivity index (χ2v) is 12.1. The summed E-state index contributed by atoms with van der Waals surface area (Å²) in [6.07, 6.45) is 46.7. The van der Waals surface area contributed by atoms with Crippen molar-refractivity contribution in [3.63, 3.8) is 0 Å². The van der Waals surface area contributed by atoms with Gasteiger partial charge in [0.1, 0.15) is 6.54 Å². The second kappa shape index (κ2) is 20.5. The normalized spacial score (nSPS) is 25.7. The Hall–Kier alpha value is -1.44. The summed E-state index contributed by atoms with van der Waals surface area (Å²) in [6.45, 7) is 6.08. The molecule has 37 heavy (non-hydrogen) atoms. The maximum absolute atomic E-state index is 2.56. The lowest BCUT2D eigenvalue weighted by atomic mass is 9.97. The van der Waals surface area contributed by atoms with E-state index in [0.717, 1.165) is 6.54 Å². The first-order valence-electron chi connectivity index (χ1n) is 16.6. The van der Waals surface area contributed by atoms with E-state index in [2.05, 4.69) is 52.7 Å². The summed E-state index contributed by atoms with van der Waals surface area (Å²) in [6, 6.07) is 0. The summed E-state index contributed by atoms with van der Waals surface area (Å²) < 4.78 is 2.47. The number of nitrogens with zero attached hydrogens (tertiary/aromatic N) is 2. The third-order valence-electron chi connectivity index (χ3n) is 8.65. The van der Waals surface area contributed by atoms with Gasteiger partial charge >= 0.3 is 0 Å². The zero-order chi connectivity index (χ0) is 25.6. The Balaban J connectivity index is 1.31. The van der Waals surface area contributed by atoms with Crippen molar-refractivity contribution in [1.29, 1.82) is 0 Å². The first-order chi connectivity index (χ1) is 18.4. The van der Waals surface area contributed by atoms with Crippen LogP contribution in [0.2, 0.25) is 0 Å². The van der Waals surface area contributed by atoms with E-state index >= 15 is 0 Å². The summed E-state index contributed by atoms with van der Waals surface area (Å²) >= 11 is 0. The van der Waals surface area contributed by atoms with Crippen LogP contribution in [0.1, 0.15) is 148 Å². The van der Waals surface area contributed by atoms with Crippen molar-refractivity contribution in [1.82, 2.24) is 4.90 Å². The van der Waals surface area contributed by atoms with Crippen LogP contribution >= 0.6 is 0 Å². The zero-order valence-corrected chi connectivity index (χ0v) is 24.4. The molecule has 4 bridgehead atoms. The predicted octanol–water partition coefficient (Wildman–Crippen LogP) is 10.2. The lowest BCUT2D eigenvalue weighted by Gasteiger charge is -2.23. The standard InChI is InChI=1S/C35H60N2/c1-2-6-10-14-18-24-34-26-22-31-37(32-34)29-21-17-13-9-5-3-7-11-15-19-25-35-27-23-30-36(33-35)28-20-16-12-8-4-1/h22-23,26-27,31-34H,1-21,24-25,28-30H2. The average Bonchev–Trinajstić information content (AvgIpc) is 2.92. The van der Waals surface area contributed by atoms with Gasteiger partial charge in [0, 0.05) is 38.5 Å². The summed E-state index contributed by atoms with van der Waals surface area (Å²) in [5, 5.41) is 0. The van der Waals surface area contributed by atoms with Gasteiger partial charge in [-0.2, -0.15) is 0 Å². The van der Waals surface area contributed by atoms with Crippen molar-refractivity contribution in [3.8, 4) is 0 Å². The van der Waals surface area contributed by atoms with E-state index < -0.39 is 0 Å². The highest BCUT2D eigenvalue weighted by atomic mass is 15.1. The number of hydrogen-bond acceptors (Lipinski definition) is 1. The molecule has 1 unspecified atom stereocenters. The zero-order valence-electron chi connectivity index (χ0n) is 24.4. The molecule has 3 aliphatic heterocycles. The SMILES string of the molecule is C1=CC2[CH-][N+](=C1)CCCCCCCCCCCCC1=CN(CC=C1)CCCCCCCCCCCCC2. The van der Waals surface area contributed by atoms with E-state index in [1.165, 1.54) is 161 Å². The molecule has 0 amide bonds. The number of hydrogen-bond donors (Lipinski definition) is 0. The third-order valence-corrected chi connectivity index (χ3v) is 8.65. The molecule has 2 heteroatoms. The molecule has 0 aromatic rings. The molecule has 0 aliphatic carbocycles. The Morgan fingerprint density at radius 2 is 1.22 bits per heavy atom. The second-order valence-electron chi connectivity index (χ2n) is 12.1. The van der Waals surface area contributed by atoms with Crippen LogP contribution in [0, 0.1) is 12.5 Å². The van der Waals surface area contributed by atoms with E-state index in [0.29, 0.717) is 5.92 Å². The first-order valence-corrected chi connectivity index (χ1v) is 16.6. The highest BCUT2D eigenvalue weighted by Crippen LogP contribution is 2.20. The summed E-state index contributed by atoms with van der Waals surface area (Å²) in [5.41, 5.74) is 1.56. The van der Waals surface area contributed by atoms with E-state index in [-0.39, 0.29) is 0 Å². The van der Waals surface area contributed by atoms with Crippen LogP contribution in [0.4, 0.5) is 0 Å². The molecule has 3 heterocycles. The Labute approximate surface area is 231 Å². The molecule has 3 aliphatic rings. The molecule has 0 spiro atoms. The monoisotopic (exact) mass is 508 g/mol. The van der Waals surface area contributed by atoms with Crippen LogP contribution in [0.25, 0.3) is 0 Å². The predicted molar refractivity (Wildman–Crippen MR) is 163 cm³/mol. The van der Waals surface area contributed by atoms with Crippen molar-refractivity contribution >= 4 is 6.21 Å². The molecule has 2 nitrogen and oxygen atoms in total. The minimum Gasteiger partial charge on any atom is -0.373 e. The van der Waals surface area contributed by atoms with Gasteiger partial charge < -0.3 is 9.48 Å². The average molecular weight is 509 g/mol. The molecule has 0 saturated heterocycles. The van der Waals surface area contributed by atoms with E-state index in [1.54, 1.807) is 5.57 Å². The highest BCUT2D eigenvalue weighted by molar-refractivity contribution is 5.67. The quantitative estimate of drug-likeness (QED) is 0.233. The Kier molecular flexibility index (Phi) is 16.7. The van der Waals surface area contributed by atoms with Gasteiger partial charge in [0.15, 0.2) is 0 Å². The van der Waals surface area contributed by atoms with Gasteiger partial charge in [-0.05, 0) is 37.2 Å². The van der Waals surface area contributed by atoms with Gasteiger partial charge in [0.25, 0.3) is 0 Å². The molecule has 0 aromatic carbocycles. The van der Waals surface area contributed by atoms with E-state index in [1.807, 2.05) is 0 Å². The first kappa shape index (κ1) is 30.1. The summed E-state index contributed by atoms with van der Waals surface area (Å²) in [7, 11) is 0. The Morgan fingerprint density at radius 3 is 1.89 bits per heavy atom. The van der Waals surface area contributed by atoms with Gasteiger partial charge in [0.05, 0.1) is 0 Å². The van der Waals surface area contributed by atoms with Crippen LogP contribution in [0.3, 0.4) is 0 Å². The van der Waals surface area contributed by atoms with Crippen LogP contribution in [0.5, 0.6) is 0 Å². The lowest BCUT2D eigenvalue weighted by molar-refractivity contribution is -0.489. The van der Waals surface area contributed by atoms with E-state index in [9.17, 15) is 0 Å². The molecular weight excluding hydrogens is 448 g/mol. The van der Waals surface area contributed by atoms with Crippen molar-refractivity contribution < 1.29 is 4.58 Å². The Morgan fingerprint density at radius 1 is 0.649 bits per heavy atom. The fourth-order valence-corrected chi connectivity index (χ4v) is 6.27.